The van der Waals surface area contributed by atoms with Crippen molar-refractivity contribution in [3.8, 4) is 0 Å². The van der Waals surface area contributed by atoms with Crippen molar-refractivity contribution in [1.29, 1.82) is 0 Å². The van der Waals surface area contributed by atoms with Gasteiger partial charge in [0.15, 0.2) is 9.84 Å². The van der Waals surface area contributed by atoms with Gasteiger partial charge in [-0.3, -0.25) is 4.79 Å². The Morgan fingerprint density at radius 3 is 2.14 bits per heavy atom. The number of rotatable bonds is 3. The second-order valence-electron chi connectivity index (χ2n) is 2.73. The first-order valence-corrected chi connectivity index (χ1v) is 6.13. The van der Waals surface area contributed by atoms with Crippen molar-refractivity contribution in [2.24, 2.45) is 0 Å². The Hall–Kier alpha value is -0.810. The van der Waals surface area contributed by atoms with Gasteiger partial charge in [-0.15, -0.1) is 12.6 Å². The Labute approximate surface area is 88.5 Å². The largest absolute Gasteiger partial charge is 0.282 e. The van der Waals surface area contributed by atoms with Gasteiger partial charge in [0.05, 0.1) is 10.6 Å². The molecule has 0 unspecified atom stereocenters. The molecule has 0 radical (unpaired) electrons. The zero-order chi connectivity index (χ0) is 10.8. The molecule has 0 atom stereocenters. The first kappa shape index (κ1) is 11.3. The van der Waals surface area contributed by atoms with Gasteiger partial charge in [-0.2, -0.15) is 0 Å². The van der Waals surface area contributed by atoms with Gasteiger partial charge in [-0.05, 0) is 24.3 Å². The summed E-state index contributed by atoms with van der Waals surface area (Å²) < 4.78 is 22.8. The Bertz CT molecular complexity index is 432. The van der Waals surface area contributed by atoms with Crippen molar-refractivity contribution in [2.75, 3.05) is 5.75 Å². The molecule has 1 aromatic rings. The van der Waals surface area contributed by atoms with Gasteiger partial charge in [-0.1, -0.05) is 6.92 Å². The van der Waals surface area contributed by atoms with Crippen LogP contribution in [0.4, 0.5) is 0 Å². The van der Waals surface area contributed by atoms with Crippen LogP contribution in [0.3, 0.4) is 0 Å². The predicted octanol–water partition coefficient (Wildman–Crippen LogP) is 1.55. The second-order valence-corrected chi connectivity index (χ2v) is 5.42. The van der Waals surface area contributed by atoms with Crippen LogP contribution in [-0.4, -0.2) is 19.3 Å². The van der Waals surface area contributed by atoms with Crippen molar-refractivity contribution >= 4 is 27.6 Å². The molecule has 0 amide bonds. The van der Waals surface area contributed by atoms with E-state index in [0.717, 1.165) is 0 Å². The number of benzene rings is 1. The molecule has 0 aromatic heterocycles. The number of carbonyl (C=O) groups excluding carboxylic acids is 1. The number of sulfone groups is 1. The maximum atomic E-state index is 11.4. The highest BCUT2D eigenvalue weighted by Gasteiger charge is 2.11. The van der Waals surface area contributed by atoms with Crippen LogP contribution in [0.15, 0.2) is 29.2 Å². The first-order valence-electron chi connectivity index (χ1n) is 4.03. The second kappa shape index (κ2) is 4.14. The Morgan fingerprint density at radius 2 is 1.79 bits per heavy atom. The van der Waals surface area contributed by atoms with E-state index in [4.69, 9.17) is 0 Å². The van der Waals surface area contributed by atoms with Crippen molar-refractivity contribution in [2.45, 2.75) is 11.8 Å². The summed E-state index contributed by atoms with van der Waals surface area (Å²) in [5.74, 6) is 0.0567. The molecule has 0 aliphatic carbocycles. The van der Waals surface area contributed by atoms with Gasteiger partial charge >= 0.3 is 0 Å². The highest BCUT2D eigenvalue weighted by Crippen LogP contribution is 2.13. The van der Waals surface area contributed by atoms with Gasteiger partial charge in [0, 0.05) is 5.56 Å². The molecular weight excluding hydrogens is 220 g/mol. The summed E-state index contributed by atoms with van der Waals surface area (Å²) in [6, 6.07) is 5.75. The smallest absolute Gasteiger partial charge is 0.216 e. The maximum absolute atomic E-state index is 11.4. The van der Waals surface area contributed by atoms with Crippen LogP contribution >= 0.6 is 12.6 Å². The van der Waals surface area contributed by atoms with Gasteiger partial charge in [-0.25, -0.2) is 8.42 Å². The van der Waals surface area contributed by atoms with E-state index < -0.39 is 9.84 Å². The van der Waals surface area contributed by atoms with Gasteiger partial charge in [0.2, 0.25) is 5.12 Å². The van der Waals surface area contributed by atoms with Crippen molar-refractivity contribution in [3.63, 3.8) is 0 Å². The summed E-state index contributed by atoms with van der Waals surface area (Å²) in [6.45, 7) is 1.58. The van der Waals surface area contributed by atoms with Gasteiger partial charge in [0.25, 0.3) is 0 Å². The van der Waals surface area contributed by atoms with E-state index in [1.54, 1.807) is 6.92 Å². The van der Waals surface area contributed by atoms with E-state index in [9.17, 15) is 13.2 Å². The molecule has 0 aliphatic heterocycles. The zero-order valence-electron chi connectivity index (χ0n) is 7.60. The lowest BCUT2D eigenvalue weighted by Crippen LogP contribution is -2.03. The summed E-state index contributed by atoms with van der Waals surface area (Å²) >= 11 is 3.63. The van der Waals surface area contributed by atoms with Crippen molar-refractivity contribution in [3.05, 3.63) is 29.8 Å². The van der Waals surface area contributed by atoms with Crippen LogP contribution in [0.5, 0.6) is 0 Å². The van der Waals surface area contributed by atoms with Crippen molar-refractivity contribution < 1.29 is 13.2 Å². The highest BCUT2D eigenvalue weighted by atomic mass is 32.2. The summed E-state index contributed by atoms with van der Waals surface area (Å²) in [6.07, 6.45) is 0. The average Bonchev–Trinajstić information content (AvgIpc) is 2.18. The van der Waals surface area contributed by atoms with Crippen LogP contribution < -0.4 is 0 Å². The van der Waals surface area contributed by atoms with E-state index in [0.29, 0.717) is 5.56 Å². The number of thiol groups is 1. The number of carbonyl (C=O) groups is 1. The first-order chi connectivity index (χ1) is 6.47. The number of hydrogen-bond donors (Lipinski definition) is 1. The van der Waals surface area contributed by atoms with Gasteiger partial charge in [0.1, 0.15) is 0 Å². The molecule has 0 bridgehead atoms. The van der Waals surface area contributed by atoms with E-state index in [1.807, 2.05) is 0 Å². The molecule has 3 nitrogen and oxygen atoms in total. The third kappa shape index (κ3) is 2.36. The zero-order valence-corrected chi connectivity index (χ0v) is 9.31. The molecule has 0 fully saturated rings. The fraction of sp³-hybridized carbons (Fsp3) is 0.222. The van der Waals surface area contributed by atoms with E-state index in [1.165, 1.54) is 24.3 Å². The molecule has 5 heteroatoms. The van der Waals surface area contributed by atoms with E-state index in [2.05, 4.69) is 12.6 Å². The molecule has 1 aromatic carbocycles. The third-order valence-electron chi connectivity index (χ3n) is 1.84. The SMILES string of the molecule is CCS(=O)(=O)c1ccc(C(=O)S)cc1. The van der Waals surface area contributed by atoms with Crippen LogP contribution in [0.1, 0.15) is 17.3 Å². The quantitative estimate of drug-likeness (QED) is 0.801. The Morgan fingerprint density at radius 1 is 1.29 bits per heavy atom. The topological polar surface area (TPSA) is 51.2 Å². The normalized spacial score (nSPS) is 11.3. The number of hydrogen-bond acceptors (Lipinski definition) is 3. The fourth-order valence-electron chi connectivity index (χ4n) is 0.972. The lowest BCUT2D eigenvalue weighted by molar-refractivity contribution is 0.109. The molecule has 0 N–H and O–H groups in total. The molecule has 14 heavy (non-hydrogen) atoms. The molecular formula is C9H10O3S2. The summed E-state index contributed by atoms with van der Waals surface area (Å²) in [5.41, 5.74) is 0.392. The van der Waals surface area contributed by atoms with E-state index in [-0.39, 0.29) is 15.8 Å². The minimum absolute atomic E-state index is 0.0567. The van der Waals surface area contributed by atoms with E-state index >= 15 is 0 Å². The summed E-state index contributed by atoms with van der Waals surface area (Å²) in [5, 5.41) is -0.370. The van der Waals surface area contributed by atoms with Gasteiger partial charge < -0.3 is 0 Å². The average molecular weight is 230 g/mol. The van der Waals surface area contributed by atoms with Crippen LogP contribution in [0.2, 0.25) is 0 Å². The minimum atomic E-state index is -3.18. The summed E-state index contributed by atoms with van der Waals surface area (Å²) in [7, 11) is -3.18. The molecule has 1 rings (SSSR count). The molecule has 76 valence electrons. The summed E-state index contributed by atoms with van der Waals surface area (Å²) in [4.78, 5) is 11.0. The molecule has 0 saturated carbocycles. The molecule has 0 aliphatic rings. The van der Waals surface area contributed by atoms with Crippen molar-refractivity contribution in [1.82, 2.24) is 0 Å². The predicted molar refractivity (Wildman–Crippen MR) is 57.5 cm³/mol. The third-order valence-corrected chi connectivity index (χ3v) is 3.85. The molecule has 0 heterocycles. The van der Waals surface area contributed by atoms with Crippen LogP contribution in [0, 0.1) is 0 Å². The standard InChI is InChI=1S/C9H10O3S2/c1-2-14(11,12)8-5-3-7(4-6-8)9(10)13/h3-6H,2H2,1H3,(H,10,13). The molecule has 0 saturated heterocycles. The lowest BCUT2D eigenvalue weighted by Gasteiger charge is -2.01. The molecule has 0 spiro atoms. The van der Waals surface area contributed by atoms with Crippen LogP contribution in [-0.2, 0) is 9.84 Å². The highest BCUT2D eigenvalue weighted by molar-refractivity contribution is 7.97. The minimum Gasteiger partial charge on any atom is -0.282 e. The lowest BCUT2D eigenvalue weighted by atomic mass is 10.2. The monoisotopic (exact) mass is 230 g/mol. The Balaban J connectivity index is 3.12. The Kier molecular flexibility index (Phi) is 3.34. The van der Waals surface area contributed by atoms with Crippen LogP contribution in [0.25, 0.3) is 0 Å². The maximum Gasteiger partial charge on any atom is 0.216 e. The fourth-order valence-corrected chi connectivity index (χ4v) is 2.00.